The van der Waals surface area contributed by atoms with Crippen molar-refractivity contribution in [2.24, 2.45) is 10.9 Å². The highest BCUT2D eigenvalue weighted by Crippen LogP contribution is 2.14. The number of guanidine groups is 1. The summed E-state index contributed by atoms with van der Waals surface area (Å²) < 4.78 is 1.94. The van der Waals surface area contributed by atoms with Gasteiger partial charge in [0.05, 0.1) is 13.1 Å². The third-order valence-electron chi connectivity index (χ3n) is 4.82. The molecular weight excluding hydrogens is 505 g/mol. The maximum absolute atomic E-state index is 12.1. The number of nitrogens with zero attached hydrogens (tertiary/aromatic N) is 4. The molecule has 1 amide bonds. The van der Waals surface area contributed by atoms with Crippen LogP contribution in [0.2, 0.25) is 0 Å². The van der Waals surface area contributed by atoms with E-state index in [0.29, 0.717) is 19.0 Å². The Morgan fingerprint density at radius 3 is 2.74 bits per heavy atom. The number of rotatable bonds is 8. The first-order chi connectivity index (χ1) is 14.6. The second-order valence-corrected chi connectivity index (χ2v) is 7.09. The molecule has 0 spiro atoms. The van der Waals surface area contributed by atoms with Crippen LogP contribution < -0.4 is 16.0 Å². The molecule has 3 aromatic rings. The standard InChI is InChI=1S/C22H29N7O.HI/c1-4-16(3)21(30)26-18-10-8-9-17(13-18)14-24-22(23-5-2)25-15-20-28-27-19-11-6-7-12-29(19)20;/h6-13,16H,4-5,14-15H2,1-3H3,(H,26,30)(H2,23,24,25);1H. The lowest BCUT2D eigenvalue weighted by Gasteiger charge is -2.12. The van der Waals surface area contributed by atoms with Crippen molar-refractivity contribution in [1.82, 2.24) is 25.2 Å². The second-order valence-electron chi connectivity index (χ2n) is 7.09. The molecule has 0 fully saturated rings. The van der Waals surface area contributed by atoms with E-state index in [2.05, 4.69) is 31.1 Å². The number of carbonyl (C=O) groups excluding carboxylic acids is 1. The molecule has 1 atom stereocenters. The summed E-state index contributed by atoms with van der Waals surface area (Å²) >= 11 is 0. The van der Waals surface area contributed by atoms with Crippen LogP contribution in [0.4, 0.5) is 5.69 Å². The summed E-state index contributed by atoms with van der Waals surface area (Å²) in [6, 6.07) is 13.6. The summed E-state index contributed by atoms with van der Waals surface area (Å²) in [4.78, 5) is 16.8. The monoisotopic (exact) mass is 535 g/mol. The lowest BCUT2D eigenvalue weighted by molar-refractivity contribution is -0.119. The van der Waals surface area contributed by atoms with E-state index >= 15 is 0 Å². The number of halogens is 1. The van der Waals surface area contributed by atoms with Crippen molar-refractivity contribution >= 4 is 47.2 Å². The molecule has 1 aromatic carbocycles. The quantitative estimate of drug-likeness (QED) is 0.233. The Labute approximate surface area is 200 Å². The van der Waals surface area contributed by atoms with Crippen LogP contribution in [0.25, 0.3) is 5.65 Å². The van der Waals surface area contributed by atoms with Gasteiger partial charge in [0.1, 0.15) is 0 Å². The summed E-state index contributed by atoms with van der Waals surface area (Å²) in [6.45, 7) is 7.69. The van der Waals surface area contributed by atoms with Crippen molar-refractivity contribution in [3.8, 4) is 0 Å². The van der Waals surface area contributed by atoms with Crippen molar-refractivity contribution in [2.45, 2.75) is 40.3 Å². The Morgan fingerprint density at radius 1 is 1.13 bits per heavy atom. The van der Waals surface area contributed by atoms with Gasteiger partial charge in [-0.1, -0.05) is 32.0 Å². The number of anilines is 1. The molecule has 8 nitrogen and oxygen atoms in total. The number of pyridine rings is 1. The van der Waals surface area contributed by atoms with Gasteiger partial charge >= 0.3 is 0 Å². The maximum Gasteiger partial charge on any atom is 0.227 e. The average Bonchev–Trinajstić information content (AvgIpc) is 3.18. The average molecular weight is 535 g/mol. The Hall–Kier alpha value is -2.69. The van der Waals surface area contributed by atoms with Crippen molar-refractivity contribution in [2.75, 3.05) is 11.9 Å². The predicted molar refractivity (Wildman–Crippen MR) is 135 cm³/mol. The van der Waals surface area contributed by atoms with Crippen LogP contribution >= 0.6 is 24.0 Å². The molecule has 3 N–H and O–H groups in total. The first kappa shape index (κ1) is 24.6. The molecule has 31 heavy (non-hydrogen) atoms. The van der Waals surface area contributed by atoms with Gasteiger partial charge in [-0.05, 0) is 43.2 Å². The smallest absolute Gasteiger partial charge is 0.227 e. The number of benzene rings is 1. The van der Waals surface area contributed by atoms with Crippen LogP contribution in [-0.4, -0.2) is 33.0 Å². The van der Waals surface area contributed by atoms with Gasteiger partial charge < -0.3 is 16.0 Å². The van der Waals surface area contributed by atoms with Crippen LogP contribution in [0.1, 0.15) is 38.6 Å². The number of aromatic nitrogens is 3. The summed E-state index contributed by atoms with van der Waals surface area (Å²) in [6.07, 6.45) is 2.75. The Kier molecular flexibility index (Phi) is 9.70. The molecule has 166 valence electrons. The van der Waals surface area contributed by atoms with Gasteiger partial charge in [-0.2, -0.15) is 0 Å². The molecular formula is C22H30IN7O. The molecule has 1 unspecified atom stereocenters. The van der Waals surface area contributed by atoms with E-state index in [0.717, 1.165) is 35.7 Å². The van der Waals surface area contributed by atoms with Gasteiger partial charge in [0.25, 0.3) is 0 Å². The Bertz CT molecular complexity index is 1020. The summed E-state index contributed by atoms with van der Waals surface area (Å²) in [5, 5.41) is 17.9. The SMILES string of the molecule is CCNC(=NCc1cccc(NC(=O)C(C)CC)c1)NCc1nnc2ccccn12.I. The van der Waals surface area contributed by atoms with Crippen LogP contribution in [-0.2, 0) is 17.9 Å². The van der Waals surface area contributed by atoms with Gasteiger partial charge in [0.15, 0.2) is 17.4 Å². The Morgan fingerprint density at radius 2 is 1.97 bits per heavy atom. The number of carbonyl (C=O) groups is 1. The number of nitrogens with one attached hydrogen (secondary N) is 3. The summed E-state index contributed by atoms with van der Waals surface area (Å²) in [5.74, 6) is 1.53. The number of hydrogen-bond donors (Lipinski definition) is 3. The van der Waals surface area contributed by atoms with E-state index in [1.807, 2.05) is 73.8 Å². The minimum atomic E-state index is -0.00975. The molecule has 9 heteroatoms. The Balaban J connectivity index is 0.00000341. The largest absolute Gasteiger partial charge is 0.357 e. The van der Waals surface area contributed by atoms with Crippen molar-refractivity contribution in [3.05, 3.63) is 60.0 Å². The fourth-order valence-electron chi connectivity index (χ4n) is 2.88. The van der Waals surface area contributed by atoms with E-state index in [4.69, 9.17) is 0 Å². The van der Waals surface area contributed by atoms with E-state index in [-0.39, 0.29) is 35.8 Å². The van der Waals surface area contributed by atoms with Crippen LogP contribution in [0.5, 0.6) is 0 Å². The molecule has 0 aliphatic carbocycles. The first-order valence-corrected chi connectivity index (χ1v) is 10.3. The third-order valence-corrected chi connectivity index (χ3v) is 4.82. The maximum atomic E-state index is 12.1. The molecule has 3 rings (SSSR count). The lowest BCUT2D eigenvalue weighted by Crippen LogP contribution is -2.37. The molecule has 0 aliphatic heterocycles. The van der Waals surface area contributed by atoms with Crippen molar-refractivity contribution in [1.29, 1.82) is 0 Å². The van der Waals surface area contributed by atoms with Gasteiger partial charge in [0.2, 0.25) is 5.91 Å². The predicted octanol–water partition coefficient (Wildman–Crippen LogP) is 3.59. The highest BCUT2D eigenvalue weighted by atomic mass is 127. The van der Waals surface area contributed by atoms with E-state index in [1.165, 1.54) is 0 Å². The van der Waals surface area contributed by atoms with Crippen molar-refractivity contribution < 1.29 is 4.79 Å². The van der Waals surface area contributed by atoms with Crippen molar-refractivity contribution in [3.63, 3.8) is 0 Å². The lowest BCUT2D eigenvalue weighted by atomic mass is 10.1. The fraction of sp³-hybridized carbons (Fsp3) is 0.364. The number of aliphatic imine (C=N–C) groups is 1. The van der Waals surface area contributed by atoms with Gasteiger partial charge in [-0.15, -0.1) is 34.2 Å². The van der Waals surface area contributed by atoms with Crippen LogP contribution in [0.15, 0.2) is 53.7 Å². The highest BCUT2D eigenvalue weighted by molar-refractivity contribution is 14.0. The molecule has 0 aliphatic rings. The number of hydrogen-bond acceptors (Lipinski definition) is 4. The zero-order chi connectivity index (χ0) is 21.3. The zero-order valence-electron chi connectivity index (χ0n) is 18.1. The minimum Gasteiger partial charge on any atom is -0.357 e. The molecule has 0 bridgehead atoms. The summed E-state index contributed by atoms with van der Waals surface area (Å²) in [7, 11) is 0. The van der Waals surface area contributed by atoms with Crippen LogP contribution in [0, 0.1) is 5.92 Å². The normalized spacial score (nSPS) is 12.2. The number of amides is 1. The topological polar surface area (TPSA) is 95.7 Å². The molecule has 0 saturated carbocycles. The third kappa shape index (κ3) is 6.91. The van der Waals surface area contributed by atoms with E-state index < -0.39 is 0 Å². The first-order valence-electron chi connectivity index (χ1n) is 10.3. The van der Waals surface area contributed by atoms with Crippen LogP contribution in [0.3, 0.4) is 0 Å². The highest BCUT2D eigenvalue weighted by Gasteiger charge is 2.10. The molecule has 2 heterocycles. The minimum absolute atomic E-state index is 0. The molecule has 0 radical (unpaired) electrons. The van der Waals surface area contributed by atoms with E-state index in [1.54, 1.807) is 0 Å². The van der Waals surface area contributed by atoms with Gasteiger partial charge in [-0.3, -0.25) is 9.20 Å². The fourth-order valence-corrected chi connectivity index (χ4v) is 2.88. The molecule has 2 aromatic heterocycles. The second kappa shape index (κ2) is 12.2. The number of fused-ring (bicyclic) bond motifs is 1. The van der Waals surface area contributed by atoms with Gasteiger partial charge in [0, 0.05) is 24.3 Å². The van der Waals surface area contributed by atoms with E-state index in [9.17, 15) is 4.79 Å². The van der Waals surface area contributed by atoms with Gasteiger partial charge in [-0.25, -0.2) is 4.99 Å². The zero-order valence-corrected chi connectivity index (χ0v) is 20.5. The summed E-state index contributed by atoms with van der Waals surface area (Å²) in [5.41, 5.74) is 2.62. The molecule has 0 saturated heterocycles.